The Morgan fingerprint density at radius 2 is 2.29 bits per heavy atom. The lowest BCUT2D eigenvalue weighted by Gasteiger charge is -2.03. The van der Waals surface area contributed by atoms with Gasteiger partial charge >= 0.3 is 0 Å². The molecule has 0 aliphatic rings. The second-order valence-corrected chi connectivity index (χ2v) is 2.82. The fourth-order valence-corrected chi connectivity index (χ4v) is 1.12. The summed E-state index contributed by atoms with van der Waals surface area (Å²) in [6.07, 6.45) is 3.59. The van der Waals surface area contributed by atoms with E-state index in [4.69, 9.17) is 4.74 Å². The van der Waals surface area contributed by atoms with Gasteiger partial charge in [0.1, 0.15) is 0 Å². The molecule has 1 rings (SSSR count). The largest absolute Gasteiger partial charge is 0.494 e. The molecule has 0 fully saturated rings. The molecule has 0 aliphatic heterocycles. The van der Waals surface area contributed by atoms with Crippen molar-refractivity contribution in [3.8, 4) is 5.75 Å². The molecule has 0 amide bonds. The highest BCUT2D eigenvalue weighted by Gasteiger charge is 2.04. The number of methoxy groups -OCH3 is 1. The maximum Gasteiger partial charge on any atom is 0.172 e. The lowest BCUT2D eigenvalue weighted by atomic mass is 10.2. The zero-order valence-electron chi connectivity index (χ0n) is 8.38. The number of halogens is 1. The topological polar surface area (TPSA) is 21.3 Å². The van der Waals surface area contributed by atoms with Crippen molar-refractivity contribution in [2.75, 3.05) is 20.7 Å². The lowest BCUT2D eigenvalue weighted by Crippen LogP contribution is -2.03. The number of benzene rings is 1. The minimum Gasteiger partial charge on any atom is -0.494 e. The average Bonchev–Trinajstić information content (AvgIpc) is 2.21. The minimum absolute atomic E-state index is 0.275. The molecule has 0 saturated carbocycles. The number of hydrogen-bond acceptors (Lipinski definition) is 2. The van der Waals surface area contributed by atoms with E-state index in [9.17, 15) is 4.39 Å². The molecule has 0 radical (unpaired) electrons. The molecule has 1 N–H and O–H groups in total. The molecule has 0 atom stereocenters. The summed E-state index contributed by atoms with van der Waals surface area (Å²) in [5.41, 5.74) is 0.541. The second kappa shape index (κ2) is 5.40. The second-order valence-electron chi connectivity index (χ2n) is 2.82. The SMILES string of the molecule is CNCC=Cc1cccc(OC)c1F. The third-order valence-electron chi connectivity index (χ3n) is 1.83. The molecule has 76 valence electrons. The lowest BCUT2D eigenvalue weighted by molar-refractivity contribution is 0.386. The summed E-state index contributed by atoms with van der Waals surface area (Å²) in [6, 6.07) is 5.08. The third kappa shape index (κ3) is 2.57. The standard InChI is InChI=1S/C11H14FNO/c1-13-8-4-6-9-5-3-7-10(14-2)11(9)12/h3-7,13H,8H2,1-2H3. The van der Waals surface area contributed by atoms with Gasteiger partial charge in [-0.25, -0.2) is 4.39 Å². The van der Waals surface area contributed by atoms with E-state index in [0.717, 1.165) is 6.54 Å². The summed E-state index contributed by atoms with van der Waals surface area (Å²) >= 11 is 0. The molecular weight excluding hydrogens is 181 g/mol. The van der Waals surface area contributed by atoms with E-state index in [-0.39, 0.29) is 11.6 Å². The Labute approximate surface area is 83.4 Å². The van der Waals surface area contributed by atoms with Crippen LogP contribution in [-0.4, -0.2) is 20.7 Å². The zero-order chi connectivity index (χ0) is 10.4. The Morgan fingerprint density at radius 1 is 1.50 bits per heavy atom. The van der Waals surface area contributed by atoms with Crippen LogP contribution in [0.2, 0.25) is 0 Å². The van der Waals surface area contributed by atoms with Gasteiger partial charge in [0.15, 0.2) is 11.6 Å². The van der Waals surface area contributed by atoms with E-state index in [1.165, 1.54) is 7.11 Å². The minimum atomic E-state index is -0.317. The molecule has 0 unspecified atom stereocenters. The Balaban J connectivity index is 2.86. The summed E-state index contributed by atoms with van der Waals surface area (Å²) in [6.45, 7) is 0.719. The molecule has 0 bridgehead atoms. The van der Waals surface area contributed by atoms with Gasteiger partial charge in [0, 0.05) is 12.1 Å². The van der Waals surface area contributed by atoms with E-state index in [2.05, 4.69) is 5.32 Å². The van der Waals surface area contributed by atoms with Gasteiger partial charge in [-0.15, -0.1) is 0 Å². The molecule has 0 aromatic heterocycles. The van der Waals surface area contributed by atoms with Gasteiger partial charge in [0.2, 0.25) is 0 Å². The monoisotopic (exact) mass is 195 g/mol. The van der Waals surface area contributed by atoms with E-state index in [1.54, 1.807) is 24.3 Å². The first-order valence-corrected chi connectivity index (χ1v) is 4.43. The van der Waals surface area contributed by atoms with Gasteiger partial charge in [-0.1, -0.05) is 24.3 Å². The Morgan fingerprint density at radius 3 is 2.93 bits per heavy atom. The number of hydrogen-bond donors (Lipinski definition) is 1. The molecule has 3 heteroatoms. The van der Waals surface area contributed by atoms with Crippen molar-refractivity contribution in [2.24, 2.45) is 0 Å². The number of ether oxygens (including phenoxy) is 1. The van der Waals surface area contributed by atoms with E-state index in [0.29, 0.717) is 5.56 Å². The molecule has 0 heterocycles. The first-order valence-electron chi connectivity index (χ1n) is 4.43. The van der Waals surface area contributed by atoms with Crippen molar-refractivity contribution in [1.29, 1.82) is 0 Å². The summed E-state index contributed by atoms with van der Waals surface area (Å²) in [4.78, 5) is 0. The van der Waals surface area contributed by atoms with Crippen LogP contribution in [0.15, 0.2) is 24.3 Å². The fourth-order valence-electron chi connectivity index (χ4n) is 1.12. The van der Waals surface area contributed by atoms with Gasteiger partial charge in [0.25, 0.3) is 0 Å². The summed E-state index contributed by atoms with van der Waals surface area (Å²) in [7, 11) is 3.30. The van der Waals surface area contributed by atoms with Crippen molar-refractivity contribution >= 4 is 6.08 Å². The zero-order valence-corrected chi connectivity index (χ0v) is 8.38. The quantitative estimate of drug-likeness (QED) is 0.794. The summed E-state index contributed by atoms with van der Waals surface area (Å²) in [5, 5.41) is 2.95. The Bertz CT molecular complexity index is 323. The molecular formula is C11H14FNO. The number of nitrogens with one attached hydrogen (secondary N) is 1. The highest BCUT2D eigenvalue weighted by molar-refractivity contribution is 5.53. The first-order chi connectivity index (χ1) is 6.79. The van der Waals surface area contributed by atoms with Crippen molar-refractivity contribution < 1.29 is 9.13 Å². The van der Waals surface area contributed by atoms with E-state index in [1.807, 2.05) is 13.1 Å². The van der Waals surface area contributed by atoms with Crippen LogP contribution < -0.4 is 10.1 Å². The molecule has 0 spiro atoms. The van der Waals surface area contributed by atoms with Gasteiger partial charge in [-0.05, 0) is 13.1 Å². The molecule has 1 aromatic rings. The maximum atomic E-state index is 13.5. The van der Waals surface area contributed by atoms with Crippen LogP contribution in [0.4, 0.5) is 4.39 Å². The first kappa shape index (κ1) is 10.7. The van der Waals surface area contributed by atoms with E-state index < -0.39 is 0 Å². The molecule has 14 heavy (non-hydrogen) atoms. The van der Waals surface area contributed by atoms with Crippen LogP contribution in [0.3, 0.4) is 0 Å². The van der Waals surface area contributed by atoms with E-state index >= 15 is 0 Å². The van der Waals surface area contributed by atoms with Crippen molar-refractivity contribution in [3.63, 3.8) is 0 Å². The molecule has 1 aromatic carbocycles. The molecule has 2 nitrogen and oxygen atoms in total. The highest BCUT2D eigenvalue weighted by atomic mass is 19.1. The van der Waals surface area contributed by atoms with Crippen LogP contribution >= 0.6 is 0 Å². The Hall–Kier alpha value is -1.35. The average molecular weight is 195 g/mol. The van der Waals surface area contributed by atoms with Crippen LogP contribution in [0, 0.1) is 5.82 Å². The number of rotatable bonds is 4. The van der Waals surface area contributed by atoms with Crippen LogP contribution in [0.25, 0.3) is 6.08 Å². The van der Waals surface area contributed by atoms with Crippen molar-refractivity contribution in [2.45, 2.75) is 0 Å². The van der Waals surface area contributed by atoms with Crippen molar-refractivity contribution in [1.82, 2.24) is 5.32 Å². The van der Waals surface area contributed by atoms with Gasteiger partial charge in [0.05, 0.1) is 7.11 Å². The Kier molecular flexibility index (Phi) is 4.13. The predicted octanol–water partition coefficient (Wildman–Crippen LogP) is 2.07. The van der Waals surface area contributed by atoms with Gasteiger partial charge < -0.3 is 10.1 Å². The van der Waals surface area contributed by atoms with Crippen LogP contribution in [0.5, 0.6) is 5.75 Å². The molecule has 0 saturated heterocycles. The fraction of sp³-hybridized carbons (Fsp3) is 0.273. The van der Waals surface area contributed by atoms with Gasteiger partial charge in [-0.2, -0.15) is 0 Å². The summed E-state index contributed by atoms with van der Waals surface area (Å²) < 4.78 is 18.4. The summed E-state index contributed by atoms with van der Waals surface area (Å²) in [5.74, 6) is -0.0426. The molecule has 0 aliphatic carbocycles. The smallest absolute Gasteiger partial charge is 0.172 e. The highest BCUT2D eigenvalue weighted by Crippen LogP contribution is 2.20. The third-order valence-corrected chi connectivity index (χ3v) is 1.83. The van der Waals surface area contributed by atoms with Crippen LogP contribution in [0.1, 0.15) is 5.56 Å². The van der Waals surface area contributed by atoms with Crippen molar-refractivity contribution in [3.05, 3.63) is 35.7 Å². The predicted molar refractivity (Wildman–Crippen MR) is 55.9 cm³/mol. The maximum absolute atomic E-state index is 13.5. The number of likely N-dealkylation sites (N-methyl/N-ethyl adjacent to an activating group) is 1. The van der Waals surface area contributed by atoms with Gasteiger partial charge in [-0.3, -0.25) is 0 Å². The van der Waals surface area contributed by atoms with Crippen LogP contribution in [-0.2, 0) is 0 Å². The normalized spacial score (nSPS) is 10.8.